The minimum atomic E-state index is -1.20. The summed E-state index contributed by atoms with van der Waals surface area (Å²) in [4.78, 5) is 29.3. The molecular formula is C25H29N3O3S. The Labute approximate surface area is 192 Å². The van der Waals surface area contributed by atoms with Crippen LogP contribution in [0.2, 0.25) is 0 Å². The fraction of sp³-hybridized carbons (Fsp3) is 0.400. The summed E-state index contributed by atoms with van der Waals surface area (Å²) in [5.74, 6) is -1.45. The molecule has 0 spiro atoms. The van der Waals surface area contributed by atoms with Crippen molar-refractivity contribution in [3.05, 3.63) is 64.2 Å². The van der Waals surface area contributed by atoms with Crippen LogP contribution in [-0.4, -0.2) is 49.0 Å². The number of rotatable bonds is 8. The van der Waals surface area contributed by atoms with E-state index in [1.165, 1.54) is 5.56 Å². The molecule has 0 atom stereocenters. The SMILES string of the molecule is C[N+](C)(C)CCc1ccc2nc(CNC(=O)C3(CC(=O)[O-])Cc4ccccc4C3)sc2c1. The van der Waals surface area contributed by atoms with Crippen molar-refractivity contribution in [2.45, 2.75) is 32.2 Å². The van der Waals surface area contributed by atoms with E-state index in [0.717, 1.165) is 43.8 Å². The molecule has 6 nitrogen and oxygen atoms in total. The Bertz CT molecular complexity index is 1140. The molecule has 1 aliphatic carbocycles. The number of carbonyl (C=O) groups excluding carboxylic acids is 2. The zero-order valence-corrected chi connectivity index (χ0v) is 19.6. The first-order valence-corrected chi connectivity index (χ1v) is 11.7. The molecule has 3 aromatic rings. The number of hydrogen-bond acceptors (Lipinski definition) is 5. The Morgan fingerprint density at radius 1 is 1.12 bits per heavy atom. The van der Waals surface area contributed by atoms with Gasteiger partial charge < -0.3 is 19.7 Å². The molecule has 7 heteroatoms. The lowest BCUT2D eigenvalue weighted by Gasteiger charge is -2.28. The molecule has 1 aromatic heterocycles. The number of carboxylic acid groups (broad SMARTS) is 1. The van der Waals surface area contributed by atoms with E-state index in [1.54, 1.807) is 11.3 Å². The van der Waals surface area contributed by atoms with Crippen LogP contribution >= 0.6 is 11.3 Å². The number of likely N-dealkylation sites (N-methyl/N-ethyl adjacent to an activating group) is 1. The molecule has 0 bridgehead atoms. The number of amides is 1. The number of carboxylic acids is 1. The molecule has 1 N–H and O–H groups in total. The topological polar surface area (TPSA) is 82.1 Å². The van der Waals surface area contributed by atoms with Crippen molar-refractivity contribution in [2.24, 2.45) is 5.41 Å². The summed E-state index contributed by atoms with van der Waals surface area (Å²) in [7, 11) is 6.55. The Morgan fingerprint density at radius 3 is 2.44 bits per heavy atom. The number of aromatic nitrogens is 1. The van der Waals surface area contributed by atoms with E-state index < -0.39 is 11.4 Å². The van der Waals surface area contributed by atoms with Gasteiger partial charge in [-0.15, -0.1) is 11.3 Å². The summed E-state index contributed by atoms with van der Waals surface area (Å²) in [6.45, 7) is 1.34. The van der Waals surface area contributed by atoms with E-state index in [0.29, 0.717) is 12.8 Å². The van der Waals surface area contributed by atoms with E-state index in [4.69, 9.17) is 0 Å². The van der Waals surface area contributed by atoms with Gasteiger partial charge in [0.1, 0.15) is 5.01 Å². The molecule has 0 aliphatic heterocycles. The lowest BCUT2D eigenvalue weighted by atomic mass is 9.80. The van der Waals surface area contributed by atoms with Gasteiger partial charge in [0.15, 0.2) is 0 Å². The van der Waals surface area contributed by atoms with Crippen LogP contribution in [0.3, 0.4) is 0 Å². The van der Waals surface area contributed by atoms with Crippen molar-refractivity contribution in [3.8, 4) is 0 Å². The Hall–Kier alpha value is -2.77. The number of aliphatic carboxylic acids is 1. The molecule has 0 saturated heterocycles. The quantitative estimate of drug-likeness (QED) is 0.532. The van der Waals surface area contributed by atoms with Gasteiger partial charge in [0.2, 0.25) is 5.91 Å². The third kappa shape index (κ3) is 5.00. The molecule has 1 aliphatic rings. The summed E-state index contributed by atoms with van der Waals surface area (Å²) < 4.78 is 2.01. The molecular weight excluding hydrogens is 422 g/mol. The Morgan fingerprint density at radius 2 is 1.81 bits per heavy atom. The fourth-order valence-electron chi connectivity index (χ4n) is 4.39. The molecule has 0 unspecified atom stereocenters. The zero-order chi connectivity index (χ0) is 22.9. The highest BCUT2D eigenvalue weighted by Gasteiger charge is 2.43. The first kappa shape index (κ1) is 22.4. The molecule has 0 fully saturated rings. The molecule has 1 amide bonds. The van der Waals surface area contributed by atoms with Gasteiger partial charge in [0, 0.05) is 18.8 Å². The summed E-state index contributed by atoms with van der Waals surface area (Å²) in [5.41, 5.74) is 3.26. The molecule has 0 saturated carbocycles. The number of thiazole rings is 1. The van der Waals surface area contributed by atoms with Crippen LogP contribution in [0.5, 0.6) is 0 Å². The number of carbonyl (C=O) groups is 2. The van der Waals surface area contributed by atoms with Crippen LogP contribution in [0.1, 0.15) is 28.1 Å². The molecule has 2 aromatic carbocycles. The third-order valence-electron chi connectivity index (χ3n) is 6.11. The second-order valence-electron chi connectivity index (χ2n) is 9.81. The number of benzene rings is 2. The van der Waals surface area contributed by atoms with E-state index >= 15 is 0 Å². The first-order chi connectivity index (χ1) is 15.1. The zero-order valence-electron chi connectivity index (χ0n) is 18.8. The van der Waals surface area contributed by atoms with E-state index in [2.05, 4.69) is 43.6 Å². The number of hydrogen-bond donors (Lipinski definition) is 1. The van der Waals surface area contributed by atoms with Gasteiger partial charge in [0.25, 0.3) is 0 Å². The van der Waals surface area contributed by atoms with Crippen molar-refractivity contribution in [2.75, 3.05) is 27.7 Å². The second kappa shape index (κ2) is 8.64. The summed E-state index contributed by atoms with van der Waals surface area (Å²) in [6.07, 6.45) is 1.54. The second-order valence-corrected chi connectivity index (χ2v) is 10.9. The van der Waals surface area contributed by atoms with Crippen LogP contribution in [0.15, 0.2) is 42.5 Å². The fourth-order valence-corrected chi connectivity index (χ4v) is 5.36. The van der Waals surface area contributed by atoms with Crippen LogP contribution in [-0.2, 0) is 35.4 Å². The van der Waals surface area contributed by atoms with Crippen LogP contribution in [0.25, 0.3) is 10.2 Å². The van der Waals surface area contributed by atoms with Gasteiger partial charge in [-0.2, -0.15) is 0 Å². The summed E-state index contributed by atoms with van der Waals surface area (Å²) in [6, 6.07) is 14.1. The highest BCUT2D eigenvalue weighted by atomic mass is 32.1. The number of nitrogens with one attached hydrogen (secondary N) is 1. The lowest BCUT2D eigenvalue weighted by Crippen LogP contribution is -2.45. The Balaban J connectivity index is 1.46. The maximum absolute atomic E-state index is 13.2. The standard InChI is InChI=1S/C25H29N3O3S/c1-28(2,3)11-10-17-8-9-20-21(12-17)32-22(27-20)16-26-24(31)25(15-23(29)30)13-18-6-4-5-7-19(18)14-25/h4-9,12H,10-11,13-16H2,1-3H3,(H-,26,29,30,31). The van der Waals surface area contributed by atoms with Crippen molar-refractivity contribution < 1.29 is 19.2 Å². The van der Waals surface area contributed by atoms with Gasteiger partial charge >= 0.3 is 0 Å². The average molecular weight is 452 g/mol. The minimum absolute atomic E-state index is 0.249. The lowest BCUT2D eigenvalue weighted by molar-refractivity contribution is -0.870. The average Bonchev–Trinajstić information content (AvgIpc) is 3.30. The predicted octanol–water partition coefficient (Wildman–Crippen LogP) is 2.09. The van der Waals surface area contributed by atoms with E-state index in [9.17, 15) is 14.7 Å². The highest BCUT2D eigenvalue weighted by Crippen LogP contribution is 2.40. The van der Waals surface area contributed by atoms with Crippen molar-refractivity contribution >= 4 is 33.4 Å². The Kier molecular flexibility index (Phi) is 6.05. The maximum Gasteiger partial charge on any atom is 0.227 e. The first-order valence-electron chi connectivity index (χ1n) is 10.9. The number of nitrogens with zero attached hydrogens (tertiary/aromatic N) is 2. The van der Waals surface area contributed by atoms with Crippen LogP contribution in [0.4, 0.5) is 0 Å². The van der Waals surface area contributed by atoms with Gasteiger partial charge in [-0.1, -0.05) is 30.3 Å². The van der Waals surface area contributed by atoms with E-state index in [1.807, 2.05) is 30.3 Å². The van der Waals surface area contributed by atoms with Crippen LogP contribution in [0, 0.1) is 5.41 Å². The monoisotopic (exact) mass is 451 g/mol. The normalized spacial score (nSPS) is 15.0. The van der Waals surface area contributed by atoms with Gasteiger partial charge in [-0.05, 0) is 41.7 Å². The van der Waals surface area contributed by atoms with Crippen molar-refractivity contribution in [1.29, 1.82) is 0 Å². The van der Waals surface area contributed by atoms with E-state index in [-0.39, 0.29) is 18.9 Å². The maximum atomic E-state index is 13.2. The van der Waals surface area contributed by atoms with Crippen molar-refractivity contribution in [3.63, 3.8) is 0 Å². The largest absolute Gasteiger partial charge is 0.550 e. The van der Waals surface area contributed by atoms with Crippen molar-refractivity contribution in [1.82, 2.24) is 10.3 Å². The minimum Gasteiger partial charge on any atom is -0.550 e. The molecule has 4 rings (SSSR count). The van der Waals surface area contributed by atoms with Gasteiger partial charge in [0.05, 0.1) is 49.9 Å². The van der Waals surface area contributed by atoms with Gasteiger partial charge in [-0.3, -0.25) is 4.79 Å². The molecule has 32 heavy (non-hydrogen) atoms. The highest BCUT2D eigenvalue weighted by molar-refractivity contribution is 7.18. The molecule has 1 heterocycles. The molecule has 0 radical (unpaired) electrons. The number of quaternary nitrogens is 1. The molecule has 168 valence electrons. The summed E-state index contributed by atoms with van der Waals surface area (Å²) in [5, 5.41) is 15.2. The van der Waals surface area contributed by atoms with Gasteiger partial charge in [-0.25, -0.2) is 4.98 Å². The predicted molar refractivity (Wildman–Crippen MR) is 124 cm³/mol. The summed E-state index contributed by atoms with van der Waals surface area (Å²) >= 11 is 1.57. The van der Waals surface area contributed by atoms with Crippen LogP contribution < -0.4 is 10.4 Å². The third-order valence-corrected chi connectivity index (χ3v) is 7.13. The smallest absolute Gasteiger partial charge is 0.227 e. The number of fused-ring (bicyclic) bond motifs is 2.